The Kier molecular flexibility index (Phi) is 3.14. The number of halogens is 1. The van der Waals surface area contributed by atoms with E-state index in [9.17, 15) is 9.18 Å². The molecule has 2 saturated heterocycles. The normalized spacial score (nSPS) is 26.4. The predicted octanol–water partition coefficient (Wildman–Crippen LogP) is 1.55. The lowest BCUT2D eigenvalue weighted by Gasteiger charge is -2.32. The van der Waals surface area contributed by atoms with Crippen LogP contribution in [-0.4, -0.2) is 32.1 Å². The summed E-state index contributed by atoms with van der Waals surface area (Å²) in [4.78, 5) is 13.9. The zero-order valence-corrected chi connectivity index (χ0v) is 10.9. The predicted molar refractivity (Wildman–Crippen MR) is 69.8 cm³/mol. The van der Waals surface area contributed by atoms with E-state index in [0.717, 1.165) is 19.5 Å². The van der Waals surface area contributed by atoms with E-state index in [-0.39, 0.29) is 17.8 Å². The SMILES string of the molecule is COc1ccc(F)cc1N1C(=O)CC2CCNCC21. The van der Waals surface area contributed by atoms with Crippen molar-refractivity contribution in [2.24, 2.45) is 5.92 Å². The molecule has 2 aliphatic rings. The van der Waals surface area contributed by atoms with E-state index >= 15 is 0 Å². The fourth-order valence-electron chi connectivity index (χ4n) is 3.11. The van der Waals surface area contributed by atoms with Gasteiger partial charge in [-0.2, -0.15) is 0 Å². The molecule has 3 rings (SSSR count). The number of carbonyl (C=O) groups is 1. The van der Waals surface area contributed by atoms with Crippen LogP contribution in [0, 0.1) is 11.7 Å². The van der Waals surface area contributed by atoms with Crippen LogP contribution >= 0.6 is 0 Å². The average molecular weight is 264 g/mol. The van der Waals surface area contributed by atoms with Gasteiger partial charge in [-0.3, -0.25) is 4.79 Å². The Morgan fingerprint density at radius 3 is 3.11 bits per heavy atom. The number of fused-ring (bicyclic) bond motifs is 1. The smallest absolute Gasteiger partial charge is 0.227 e. The Bertz CT molecular complexity index is 506. The van der Waals surface area contributed by atoms with Gasteiger partial charge in [-0.1, -0.05) is 0 Å². The third-order valence-electron chi connectivity index (χ3n) is 4.03. The number of hydrogen-bond donors (Lipinski definition) is 1. The van der Waals surface area contributed by atoms with Gasteiger partial charge in [0, 0.05) is 19.0 Å². The Labute approximate surface area is 111 Å². The van der Waals surface area contributed by atoms with Gasteiger partial charge in [-0.15, -0.1) is 0 Å². The molecule has 1 N–H and O–H groups in total. The first-order chi connectivity index (χ1) is 9.20. The van der Waals surface area contributed by atoms with E-state index < -0.39 is 0 Å². The van der Waals surface area contributed by atoms with Crippen molar-refractivity contribution in [1.29, 1.82) is 0 Å². The van der Waals surface area contributed by atoms with Crippen molar-refractivity contribution in [3.05, 3.63) is 24.0 Å². The monoisotopic (exact) mass is 264 g/mol. The van der Waals surface area contributed by atoms with Crippen molar-refractivity contribution in [3.63, 3.8) is 0 Å². The first-order valence-corrected chi connectivity index (χ1v) is 6.57. The number of piperidine rings is 1. The standard InChI is InChI=1S/C14H17FN2O2/c1-19-13-3-2-10(15)7-11(13)17-12-8-16-5-4-9(12)6-14(17)18/h2-3,7,9,12,16H,4-6,8H2,1H3. The third kappa shape index (κ3) is 2.08. The molecule has 1 aromatic carbocycles. The Hall–Kier alpha value is -1.62. The van der Waals surface area contributed by atoms with E-state index in [1.807, 2.05) is 0 Å². The topological polar surface area (TPSA) is 41.6 Å². The molecule has 4 nitrogen and oxygen atoms in total. The van der Waals surface area contributed by atoms with Crippen LogP contribution in [0.25, 0.3) is 0 Å². The van der Waals surface area contributed by atoms with Gasteiger partial charge in [-0.25, -0.2) is 4.39 Å². The summed E-state index contributed by atoms with van der Waals surface area (Å²) in [5, 5.41) is 3.30. The van der Waals surface area contributed by atoms with E-state index in [0.29, 0.717) is 23.8 Å². The number of anilines is 1. The van der Waals surface area contributed by atoms with Gasteiger partial charge >= 0.3 is 0 Å². The fraction of sp³-hybridized carbons (Fsp3) is 0.500. The van der Waals surface area contributed by atoms with Gasteiger partial charge in [-0.05, 0) is 31.0 Å². The minimum atomic E-state index is -0.351. The molecule has 2 aliphatic heterocycles. The molecule has 19 heavy (non-hydrogen) atoms. The maximum absolute atomic E-state index is 13.5. The summed E-state index contributed by atoms with van der Waals surface area (Å²) < 4.78 is 18.7. The van der Waals surface area contributed by atoms with Gasteiger partial charge in [0.25, 0.3) is 0 Å². The second-order valence-electron chi connectivity index (χ2n) is 5.10. The molecule has 0 aliphatic carbocycles. The highest BCUT2D eigenvalue weighted by molar-refractivity contribution is 5.98. The lowest BCUT2D eigenvalue weighted by Crippen LogP contribution is -2.47. The molecule has 0 saturated carbocycles. The summed E-state index contributed by atoms with van der Waals surface area (Å²) in [6, 6.07) is 4.41. The quantitative estimate of drug-likeness (QED) is 0.881. The van der Waals surface area contributed by atoms with Crippen LogP contribution in [0.1, 0.15) is 12.8 Å². The number of amides is 1. The Morgan fingerprint density at radius 1 is 1.47 bits per heavy atom. The number of nitrogens with zero attached hydrogens (tertiary/aromatic N) is 1. The van der Waals surface area contributed by atoms with E-state index in [2.05, 4.69) is 5.32 Å². The molecule has 2 heterocycles. The third-order valence-corrected chi connectivity index (χ3v) is 4.03. The van der Waals surface area contributed by atoms with Crippen molar-refractivity contribution < 1.29 is 13.9 Å². The van der Waals surface area contributed by atoms with Crippen molar-refractivity contribution in [3.8, 4) is 5.75 Å². The zero-order chi connectivity index (χ0) is 13.4. The van der Waals surface area contributed by atoms with Gasteiger partial charge in [0.15, 0.2) is 0 Å². The minimum absolute atomic E-state index is 0.0580. The second-order valence-corrected chi connectivity index (χ2v) is 5.10. The highest BCUT2D eigenvalue weighted by atomic mass is 19.1. The summed E-state index contributed by atoms with van der Waals surface area (Å²) in [7, 11) is 1.54. The molecular formula is C14H17FN2O2. The van der Waals surface area contributed by atoms with Crippen LogP contribution in [0.2, 0.25) is 0 Å². The van der Waals surface area contributed by atoms with Gasteiger partial charge < -0.3 is 15.0 Å². The number of benzene rings is 1. The van der Waals surface area contributed by atoms with Crippen LogP contribution < -0.4 is 15.0 Å². The zero-order valence-electron chi connectivity index (χ0n) is 10.9. The highest BCUT2D eigenvalue weighted by Crippen LogP contribution is 2.38. The van der Waals surface area contributed by atoms with Crippen LogP contribution in [0.5, 0.6) is 5.75 Å². The van der Waals surface area contributed by atoms with E-state index in [1.54, 1.807) is 11.0 Å². The molecule has 2 atom stereocenters. The Morgan fingerprint density at radius 2 is 2.32 bits per heavy atom. The first kappa shape index (κ1) is 12.4. The molecule has 1 amide bonds. The fourth-order valence-corrected chi connectivity index (χ4v) is 3.11. The Balaban J connectivity index is 2.00. The number of carbonyl (C=O) groups excluding carboxylic acids is 1. The molecule has 0 aromatic heterocycles. The van der Waals surface area contributed by atoms with Gasteiger partial charge in [0.05, 0.1) is 18.8 Å². The maximum Gasteiger partial charge on any atom is 0.227 e. The first-order valence-electron chi connectivity index (χ1n) is 6.57. The largest absolute Gasteiger partial charge is 0.495 e. The number of ether oxygens (including phenoxy) is 1. The highest BCUT2D eigenvalue weighted by Gasteiger charge is 2.42. The number of rotatable bonds is 2. The van der Waals surface area contributed by atoms with Crippen molar-refractivity contribution in [2.45, 2.75) is 18.9 Å². The molecule has 1 aromatic rings. The van der Waals surface area contributed by atoms with E-state index in [1.165, 1.54) is 19.2 Å². The molecule has 2 fully saturated rings. The van der Waals surface area contributed by atoms with E-state index in [4.69, 9.17) is 4.74 Å². The van der Waals surface area contributed by atoms with Crippen LogP contribution in [0.4, 0.5) is 10.1 Å². The molecule has 0 spiro atoms. The number of methoxy groups -OCH3 is 1. The minimum Gasteiger partial charge on any atom is -0.495 e. The summed E-state index contributed by atoms with van der Waals surface area (Å²) in [5.74, 6) is 0.612. The molecule has 5 heteroatoms. The van der Waals surface area contributed by atoms with Crippen molar-refractivity contribution in [2.75, 3.05) is 25.1 Å². The van der Waals surface area contributed by atoms with Gasteiger partial charge in [0.2, 0.25) is 5.91 Å². The molecular weight excluding hydrogens is 247 g/mol. The molecule has 2 unspecified atom stereocenters. The number of nitrogens with one attached hydrogen (secondary N) is 1. The molecule has 0 radical (unpaired) electrons. The van der Waals surface area contributed by atoms with Crippen LogP contribution in [0.15, 0.2) is 18.2 Å². The van der Waals surface area contributed by atoms with Crippen LogP contribution in [-0.2, 0) is 4.79 Å². The average Bonchev–Trinajstić information content (AvgIpc) is 2.74. The van der Waals surface area contributed by atoms with Crippen molar-refractivity contribution >= 4 is 11.6 Å². The van der Waals surface area contributed by atoms with Gasteiger partial charge in [0.1, 0.15) is 11.6 Å². The van der Waals surface area contributed by atoms with Crippen LogP contribution in [0.3, 0.4) is 0 Å². The summed E-state index contributed by atoms with van der Waals surface area (Å²) in [6.07, 6.45) is 1.54. The lowest BCUT2D eigenvalue weighted by atomic mass is 9.93. The molecule has 0 bridgehead atoms. The summed E-state index contributed by atoms with van der Waals surface area (Å²) >= 11 is 0. The maximum atomic E-state index is 13.5. The summed E-state index contributed by atoms with van der Waals surface area (Å²) in [5.41, 5.74) is 0.545. The second kappa shape index (κ2) is 4.81. The lowest BCUT2D eigenvalue weighted by molar-refractivity contribution is -0.117. The van der Waals surface area contributed by atoms with Crippen molar-refractivity contribution in [1.82, 2.24) is 5.32 Å². The molecule has 102 valence electrons. The summed E-state index contributed by atoms with van der Waals surface area (Å²) in [6.45, 7) is 1.71. The number of hydrogen-bond acceptors (Lipinski definition) is 3.